The standard InChI is InChI=1S/C26H44O2/c1-4-18-16-21-23-12-11-19(8-7-9-20(28)17-27)25(23,2)15-13-24(21)26(3)14-6-5-10-22(18)26/h18-19,21-24,27H,4-17H2,1-3H3/t18-,19-,21+,22?,23-,24-,25?,26?/m0/s1. The second kappa shape index (κ2) is 8.05. The maximum atomic E-state index is 11.5. The van der Waals surface area contributed by atoms with Gasteiger partial charge in [0.15, 0.2) is 5.78 Å². The lowest BCUT2D eigenvalue weighted by Gasteiger charge is -2.62. The Balaban J connectivity index is 1.50. The fraction of sp³-hybridized carbons (Fsp3) is 0.962. The summed E-state index contributed by atoms with van der Waals surface area (Å²) in [6.07, 6.45) is 17.3. The van der Waals surface area contributed by atoms with Crippen molar-refractivity contribution in [2.45, 2.75) is 104 Å². The van der Waals surface area contributed by atoms with Crippen LogP contribution in [-0.4, -0.2) is 17.5 Å². The number of hydrogen-bond donors (Lipinski definition) is 1. The Bertz CT molecular complexity index is 571. The number of carbonyl (C=O) groups is 1. The summed E-state index contributed by atoms with van der Waals surface area (Å²) < 4.78 is 0. The van der Waals surface area contributed by atoms with Gasteiger partial charge in [0.05, 0.1) is 0 Å². The molecule has 1 N–H and O–H groups in total. The van der Waals surface area contributed by atoms with Gasteiger partial charge >= 0.3 is 0 Å². The molecule has 4 fully saturated rings. The quantitative estimate of drug-likeness (QED) is 0.571. The van der Waals surface area contributed by atoms with E-state index in [9.17, 15) is 4.79 Å². The molecule has 0 spiro atoms. The molecule has 0 amide bonds. The van der Waals surface area contributed by atoms with Crippen molar-refractivity contribution in [1.29, 1.82) is 0 Å². The van der Waals surface area contributed by atoms with Crippen LogP contribution in [0.5, 0.6) is 0 Å². The third-order valence-corrected chi connectivity index (χ3v) is 10.7. The van der Waals surface area contributed by atoms with Crippen molar-refractivity contribution in [2.75, 3.05) is 6.61 Å². The van der Waals surface area contributed by atoms with E-state index in [1.807, 2.05) is 0 Å². The van der Waals surface area contributed by atoms with Crippen molar-refractivity contribution in [3.63, 3.8) is 0 Å². The summed E-state index contributed by atoms with van der Waals surface area (Å²) in [6, 6.07) is 0. The minimum Gasteiger partial charge on any atom is -0.389 e. The summed E-state index contributed by atoms with van der Waals surface area (Å²) in [6.45, 7) is 7.51. The highest BCUT2D eigenvalue weighted by atomic mass is 16.3. The molecule has 0 bridgehead atoms. The highest BCUT2D eigenvalue weighted by Crippen LogP contribution is 2.69. The van der Waals surface area contributed by atoms with Crippen molar-refractivity contribution in [1.82, 2.24) is 0 Å². The Morgan fingerprint density at radius 1 is 0.964 bits per heavy atom. The third-order valence-electron chi connectivity index (χ3n) is 10.7. The van der Waals surface area contributed by atoms with Gasteiger partial charge in [-0.3, -0.25) is 4.79 Å². The van der Waals surface area contributed by atoms with E-state index in [-0.39, 0.29) is 12.4 Å². The molecular formula is C26H44O2. The summed E-state index contributed by atoms with van der Waals surface area (Å²) in [5, 5.41) is 9.01. The molecule has 4 aliphatic carbocycles. The highest BCUT2D eigenvalue weighted by molar-refractivity contribution is 5.79. The first kappa shape index (κ1) is 20.9. The van der Waals surface area contributed by atoms with Crippen LogP contribution >= 0.6 is 0 Å². The third kappa shape index (κ3) is 3.30. The maximum Gasteiger partial charge on any atom is 0.158 e. The van der Waals surface area contributed by atoms with Crippen LogP contribution in [0, 0.1) is 46.3 Å². The minimum absolute atomic E-state index is 0.0257. The number of Topliss-reactive ketones (excluding diaryl/α,β-unsaturated/α-hetero) is 1. The van der Waals surface area contributed by atoms with Gasteiger partial charge < -0.3 is 5.11 Å². The molecule has 160 valence electrons. The van der Waals surface area contributed by atoms with E-state index in [1.54, 1.807) is 0 Å². The molecule has 0 aromatic heterocycles. The van der Waals surface area contributed by atoms with Gasteiger partial charge in [-0.1, -0.05) is 40.0 Å². The average Bonchev–Trinajstić information content (AvgIpc) is 3.03. The van der Waals surface area contributed by atoms with Crippen LogP contribution in [0.3, 0.4) is 0 Å². The maximum absolute atomic E-state index is 11.5. The number of aliphatic hydroxyl groups excluding tert-OH is 1. The first-order valence-corrected chi connectivity index (χ1v) is 12.6. The van der Waals surface area contributed by atoms with Crippen LogP contribution in [0.4, 0.5) is 0 Å². The van der Waals surface area contributed by atoms with Crippen molar-refractivity contribution in [3.8, 4) is 0 Å². The van der Waals surface area contributed by atoms with E-state index in [0.717, 1.165) is 41.9 Å². The molecule has 2 nitrogen and oxygen atoms in total. The molecule has 0 radical (unpaired) electrons. The van der Waals surface area contributed by atoms with Crippen molar-refractivity contribution in [3.05, 3.63) is 0 Å². The Hall–Kier alpha value is -0.370. The summed E-state index contributed by atoms with van der Waals surface area (Å²) in [5.41, 5.74) is 1.13. The molecule has 28 heavy (non-hydrogen) atoms. The number of carbonyl (C=O) groups excluding carboxylic acids is 1. The SMILES string of the molecule is CC[C@H]1C[C@H]2[C@H](CCC3(C)[C@@H](CCCC(=O)CO)CC[C@@H]23)C2(C)CCCCC12. The van der Waals surface area contributed by atoms with E-state index in [2.05, 4.69) is 20.8 Å². The van der Waals surface area contributed by atoms with Gasteiger partial charge in [0.25, 0.3) is 0 Å². The van der Waals surface area contributed by atoms with Crippen LogP contribution in [0.15, 0.2) is 0 Å². The zero-order valence-electron chi connectivity index (χ0n) is 18.7. The van der Waals surface area contributed by atoms with Crippen LogP contribution in [0.2, 0.25) is 0 Å². The van der Waals surface area contributed by atoms with Crippen molar-refractivity contribution in [2.24, 2.45) is 46.3 Å². The Kier molecular flexibility index (Phi) is 6.00. The molecule has 0 aromatic rings. The number of aliphatic hydroxyl groups is 1. The van der Waals surface area contributed by atoms with Gasteiger partial charge in [-0.2, -0.15) is 0 Å². The van der Waals surface area contributed by atoms with Gasteiger partial charge in [0.1, 0.15) is 6.61 Å². The molecule has 3 unspecified atom stereocenters. The smallest absolute Gasteiger partial charge is 0.158 e. The lowest BCUT2D eigenvalue weighted by molar-refractivity contribution is -0.136. The molecule has 4 rings (SSSR count). The van der Waals surface area contributed by atoms with E-state index in [4.69, 9.17) is 5.11 Å². The zero-order chi connectivity index (χ0) is 19.9. The van der Waals surface area contributed by atoms with Crippen LogP contribution in [0.25, 0.3) is 0 Å². The van der Waals surface area contributed by atoms with Gasteiger partial charge in [0.2, 0.25) is 0 Å². The summed E-state index contributed by atoms with van der Waals surface area (Å²) in [4.78, 5) is 11.5. The second-order valence-corrected chi connectivity index (χ2v) is 11.5. The summed E-state index contributed by atoms with van der Waals surface area (Å²) >= 11 is 0. The highest BCUT2D eigenvalue weighted by Gasteiger charge is 2.60. The number of ketones is 1. The Labute approximate surface area is 173 Å². The van der Waals surface area contributed by atoms with Crippen LogP contribution in [0.1, 0.15) is 104 Å². The molecule has 4 saturated carbocycles. The molecule has 0 heterocycles. The topological polar surface area (TPSA) is 37.3 Å². The first-order chi connectivity index (χ1) is 13.4. The fourth-order valence-corrected chi connectivity index (χ4v) is 9.23. The summed E-state index contributed by atoms with van der Waals surface area (Å²) in [5.74, 6) is 5.67. The predicted molar refractivity (Wildman–Crippen MR) is 115 cm³/mol. The van der Waals surface area contributed by atoms with Crippen LogP contribution in [-0.2, 0) is 4.79 Å². The molecular weight excluding hydrogens is 344 g/mol. The molecule has 0 saturated heterocycles. The fourth-order valence-electron chi connectivity index (χ4n) is 9.23. The normalized spacial score (nSPS) is 47.9. The number of rotatable bonds is 6. The van der Waals surface area contributed by atoms with E-state index in [0.29, 0.717) is 17.3 Å². The van der Waals surface area contributed by atoms with Crippen molar-refractivity contribution < 1.29 is 9.90 Å². The number of fused-ring (bicyclic) bond motifs is 5. The largest absolute Gasteiger partial charge is 0.389 e. The van der Waals surface area contributed by atoms with Gasteiger partial charge in [-0.15, -0.1) is 0 Å². The second-order valence-electron chi connectivity index (χ2n) is 11.5. The van der Waals surface area contributed by atoms with E-state index < -0.39 is 0 Å². The number of hydrogen-bond acceptors (Lipinski definition) is 2. The van der Waals surface area contributed by atoms with Crippen molar-refractivity contribution >= 4 is 5.78 Å². The zero-order valence-corrected chi connectivity index (χ0v) is 18.7. The first-order valence-electron chi connectivity index (χ1n) is 12.6. The van der Waals surface area contributed by atoms with Gasteiger partial charge in [-0.25, -0.2) is 0 Å². The predicted octanol–water partition coefficient (Wildman–Crippen LogP) is 6.40. The monoisotopic (exact) mass is 388 g/mol. The molecule has 8 atom stereocenters. The lowest BCUT2D eigenvalue weighted by Crippen LogP contribution is -2.55. The van der Waals surface area contributed by atoms with Gasteiger partial charge in [0, 0.05) is 6.42 Å². The molecule has 4 aliphatic rings. The van der Waals surface area contributed by atoms with E-state index >= 15 is 0 Å². The molecule has 0 aliphatic heterocycles. The van der Waals surface area contributed by atoms with E-state index in [1.165, 1.54) is 70.6 Å². The Morgan fingerprint density at radius 2 is 1.75 bits per heavy atom. The van der Waals surface area contributed by atoms with Crippen LogP contribution < -0.4 is 0 Å². The lowest BCUT2D eigenvalue weighted by atomic mass is 9.42. The Morgan fingerprint density at radius 3 is 2.50 bits per heavy atom. The van der Waals surface area contributed by atoms with Gasteiger partial charge in [-0.05, 0) is 104 Å². The minimum atomic E-state index is -0.271. The molecule has 2 heteroatoms. The molecule has 0 aromatic carbocycles. The average molecular weight is 389 g/mol. The summed E-state index contributed by atoms with van der Waals surface area (Å²) in [7, 11) is 0.